The molecule has 8 nitrogen and oxygen atoms in total. The number of rotatable bonds is 8. The van der Waals surface area contributed by atoms with Crippen molar-refractivity contribution in [1.82, 2.24) is 13.5 Å². The minimum absolute atomic E-state index is 0.0284. The number of hydrogen-bond acceptors (Lipinski definition) is 6. The quantitative estimate of drug-likeness (QED) is 0.0936. The lowest BCUT2D eigenvalue weighted by molar-refractivity contribution is 0.0913. The van der Waals surface area contributed by atoms with Gasteiger partial charge in [0.15, 0.2) is 5.65 Å². The lowest BCUT2D eigenvalue weighted by atomic mass is 10.1. The minimum Gasteiger partial charge on any atom is -0.422 e. The van der Waals surface area contributed by atoms with E-state index in [1.165, 1.54) is 30.6 Å². The van der Waals surface area contributed by atoms with Crippen LogP contribution in [-0.2, 0) is 21.5 Å². The number of ether oxygens (including phenoxy) is 1. The molecule has 0 fully saturated rings. The van der Waals surface area contributed by atoms with Crippen LogP contribution >= 0.6 is 15.9 Å². The van der Waals surface area contributed by atoms with Crippen LogP contribution in [0.15, 0.2) is 85.6 Å². The average Bonchev–Trinajstić information content (AvgIpc) is 3.51. The van der Waals surface area contributed by atoms with Crippen LogP contribution in [0.25, 0.3) is 44.2 Å². The molecule has 0 N–H and O–H groups in total. The van der Waals surface area contributed by atoms with Crippen molar-refractivity contribution in [2.24, 2.45) is 0 Å². The molecule has 2 aromatic carbocycles. The molecule has 0 bridgehead atoms. The topological polar surface area (TPSA) is 96.3 Å². The summed E-state index contributed by atoms with van der Waals surface area (Å²) >= 11 is 3.63. The second kappa shape index (κ2) is 10.8. The predicted molar refractivity (Wildman–Crippen MR) is 172 cm³/mol. The molecule has 6 aromatic rings. The van der Waals surface area contributed by atoms with E-state index in [4.69, 9.17) is 9.15 Å². The first-order chi connectivity index (χ1) is 20.4. The second-order valence-corrected chi connectivity index (χ2v) is 19.9. The molecule has 43 heavy (non-hydrogen) atoms. The molecule has 222 valence electrons. The normalized spacial score (nSPS) is 12.6. The van der Waals surface area contributed by atoms with Crippen molar-refractivity contribution in [3.63, 3.8) is 0 Å². The highest BCUT2D eigenvalue weighted by Gasteiger charge is 2.28. The molecule has 4 heterocycles. The van der Waals surface area contributed by atoms with Crippen molar-refractivity contribution in [2.75, 3.05) is 6.61 Å². The largest absolute Gasteiger partial charge is 0.422 e. The third kappa shape index (κ3) is 5.15. The summed E-state index contributed by atoms with van der Waals surface area (Å²) in [6, 6.07) is 15.5. The fraction of sp³-hybridized carbons (Fsp3) is 0.226. The molecule has 0 unspecified atom stereocenters. The van der Waals surface area contributed by atoms with Crippen LogP contribution in [0, 0.1) is 12.7 Å². The molecule has 0 saturated carbocycles. The minimum atomic E-state index is -3.94. The Morgan fingerprint density at radius 1 is 1.07 bits per heavy atom. The van der Waals surface area contributed by atoms with Crippen molar-refractivity contribution in [2.45, 2.75) is 44.2 Å². The van der Waals surface area contributed by atoms with E-state index in [2.05, 4.69) is 40.6 Å². The molecule has 6 rings (SSSR count). The molecule has 0 aliphatic rings. The van der Waals surface area contributed by atoms with Crippen LogP contribution in [0.5, 0.6) is 0 Å². The summed E-state index contributed by atoms with van der Waals surface area (Å²) in [5, 5.41) is 0.856. The van der Waals surface area contributed by atoms with Crippen LogP contribution in [0.3, 0.4) is 0 Å². The summed E-state index contributed by atoms with van der Waals surface area (Å²) in [5.74, 6) is -0.524. The monoisotopic (exact) mass is 681 g/mol. The van der Waals surface area contributed by atoms with E-state index in [1.807, 2.05) is 0 Å². The molecular formula is C31H29BrFN3O5SSi. The zero-order valence-corrected chi connectivity index (χ0v) is 27.4. The van der Waals surface area contributed by atoms with Crippen LogP contribution in [0.4, 0.5) is 4.39 Å². The summed E-state index contributed by atoms with van der Waals surface area (Å²) in [6.45, 7) is 9.01. The van der Waals surface area contributed by atoms with E-state index < -0.39 is 29.5 Å². The van der Waals surface area contributed by atoms with Gasteiger partial charge >= 0.3 is 5.63 Å². The zero-order valence-electron chi connectivity index (χ0n) is 24.0. The van der Waals surface area contributed by atoms with E-state index >= 15 is 4.39 Å². The first-order valence-corrected chi connectivity index (χ1v) is 19.6. The molecular weight excluding hydrogens is 653 g/mol. The predicted octanol–water partition coefficient (Wildman–Crippen LogP) is 7.52. The molecule has 0 atom stereocenters. The molecule has 0 radical (unpaired) electrons. The molecule has 0 spiro atoms. The van der Waals surface area contributed by atoms with Gasteiger partial charge in [-0.1, -0.05) is 37.8 Å². The Labute approximate surface area is 256 Å². The van der Waals surface area contributed by atoms with E-state index in [0.29, 0.717) is 38.8 Å². The number of nitrogens with zero attached hydrogens (tertiary/aromatic N) is 3. The Hall–Kier alpha value is -3.58. The lowest BCUT2D eigenvalue weighted by Gasteiger charge is -2.17. The summed E-state index contributed by atoms with van der Waals surface area (Å²) in [7, 11) is -5.35. The number of halogens is 2. The SMILES string of the molecule is Cc1cc(F)c2c(c1)oc(=O)c1c(Br)c(-c3ccnc4c3ccn4S(=O)(=O)c3ccccc3)n(COCC[Si](C)(C)C)c12. The van der Waals surface area contributed by atoms with E-state index in [-0.39, 0.29) is 33.6 Å². The van der Waals surface area contributed by atoms with Crippen LogP contribution in [-0.4, -0.2) is 36.6 Å². The standard InChI is InChI=1S/C31H29BrFN3O5SSi/c1-19-16-23(33)25-24(17-19)41-31(37)26-27(32)28(35(29(25)26)18-40-14-15-43(2,3)4)21-10-12-34-30-22(21)11-13-36(30)42(38,39)20-8-6-5-7-9-20/h5-13,16-17H,14-15,18H2,1-4H3. The van der Waals surface area contributed by atoms with Gasteiger partial charge < -0.3 is 13.7 Å². The van der Waals surface area contributed by atoms with Crippen molar-refractivity contribution in [3.8, 4) is 11.3 Å². The highest BCUT2D eigenvalue weighted by Crippen LogP contribution is 2.42. The average molecular weight is 683 g/mol. The Morgan fingerprint density at radius 2 is 1.81 bits per heavy atom. The molecule has 0 amide bonds. The van der Waals surface area contributed by atoms with Gasteiger partial charge in [0, 0.05) is 38.0 Å². The Balaban J connectivity index is 1.63. The van der Waals surface area contributed by atoms with Gasteiger partial charge in [0.1, 0.15) is 23.5 Å². The van der Waals surface area contributed by atoms with E-state index in [9.17, 15) is 13.2 Å². The van der Waals surface area contributed by atoms with Gasteiger partial charge in [-0.05, 0) is 70.9 Å². The van der Waals surface area contributed by atoms with Crippen molar-refractivity contribution < 1.29 is 22.0 Å². The maximum Gasteiger partial charge on any atom is 0.346 e. The molecule has 4 aromatic heterocycles. The van der Waals surface area contributed by atoms with Gasteiger partial charge in [-0.2, -0.15) is 0 Å². The zero-order chi connectivity index (χ0) is 30.7. The van der Waals surface area contributed by atoms with Gasteiger partial charge in [0.05, 0.1) is 26.0 Å². The first-order valence-electron chi connectivity index (χ1n) is 13.7. The van der Waals surface area contributed by atoms with Crippen LogP contribution < -0.4 is 5.63 Å². The Kier molecular flexibility index (Phi) is 7.44. The van der Waals surface area contributed by atoms with Crippen molar-refractivity contribution in [1.29, 1.82) is 0 Å². The van der Waals surface area contributed by atoms with Gasteiger partial charge in [0.2, 0.25) is 0 Å². The van der Waals surface area contributed by atoms with Gasteiger partial charge in [0.25, 0.3) is 10.0 Å². The Bertz CT molecular complexity index is 2200. The lowest BCUT2D eigenvalue weighted by Crippen LogP contribution is -2.22. The summed E-state index contributed by atoms with van der Waals surface area (Å²) < 4.78 is 57.8. The second-order valence-electron chi connectivity index (χ2n) is 11.7. The summed E-state index contributed by atoms with van der Waals surface area (Å²) in [6.07, 6.45) is 2.97. The highest BCUT2D eigenvalue weighted by atomic mass is 79.9. The first kappa shape index (κ1) is 29.5. The van der Waals surface area contributed by atoms with E-state index in [1.54, 1.807) is 47.9 Å². The number of aromatic nitrogens is 3. The fourth-order valence-electron chi connectivity index (χ4n) is 5.25. The number of aryl methyl sites for hydroxylation is 1. The maximum atomic E-state index is 15.6. The molecule has 0 saturated heterocycles. The number of benzene rings is 2. The summed E-state index contributed by atoms with van der Waals surface area (Å²) in [5.41, 5.74) is 1.77. The van der Waals surface area contributed by atoms with Crippen LogP contribution in [0.2, 0.25) is 25.7 Å². The highest BCUT2D eigenvalue weighted by molar-refractivity contribution is 9.10. The maximum absolute atomic E-state index is 15.6. The van der Waals surface area contributed by atoms with Crippen molar-refractivity contribution >= 4 is 66.9 Å². The van der Waals surface area contributed by atoms with Gasteiger partial charge in [-0.25, -0.2) is 26.6 Å². The number of fused-ring (bicyclic) bond motifs is 4. The molecule has 12 heteroatoms. The third-order valence-corrected chi connectivity index (χ3v) is 11.5. The van der Waals surface area contributed by atoms with Crippen LogP contribution in [0.1, 0.15) is 5.56 Å². The number of pyridine rings is 1. The summed E-state index contributed by atoms with van der Waals surface area (Å²) in [4.78, 5) is 17.9. The van der Waals surface area contributed by atoms with E-state index in [0.717, 1.165) is 10.0 Å². The molecule has 0 aliphatic heterocycles. The molecule has 0 aliphatic carbocycles. The van der Waals surface area contributed by atoms with Gasteiger partial charge in [-0.3, -0.25) is 0 Å². The Morgan fingerprint density at radius 3 is 2.53 bits per heavy atom. The third-order valence-electron chi connectivity index (χ3n) is 7.37. The smallest absolute Gasteiger partial charge is 0.346 e. The van der Waals surface area contributed by atoms with Gasteiger partial charge in [-0.15, -0.1) is 0 Å². The number of hydrogen-bond donors (Lipinski definition) is 0. The van der Waals surface area contributed by atoms with Crippen molar-refractivity contribution in [3.05, 3.63) is 93.3 Å². The fourth-order valence-corrected chi connectivity index (χ4v) is 8.11.